The quantitative estimate of drug-likeness (QED) is 0.162. The summed E-state index contributed by atoms with van der Waals surface area (Å²) in [6, 6.07) is 77.1. The van der Waals surface area contributed by atoms with Crippen LogP contribution in [0.2, 0.25) is 0 Å². The van der Waals surface area contributed by atoms with E-state index in [-0.39, 0.29) is 0 Å². The van der Waals surface area contributed by atoms with Crippen molar-refractivity contribution in [2.24, 2.45) is 0 Å². The molecular weight excluding hydrogens is 807 g/mol. The molecule has 0 saturated carbocycles. The van der Waals surface area contributed by atoms with Crippen LogP contribution in [-0.2, 0) is 0 Å². The molecule has 2 aromatic heterocycles. The fourth-order valence-corrected chi connectivity index (χ4v) is 11.6. The molecule has 14 aromatic rings. The summed E-state index contributed by atoms with van der Waals surface area (Å²) in [6.07, 6.45) is 0. The van der Waals surface area contributed by atoms with Gasteiger partial charge in [-0.2, -0.15) is 0 Å². The van der Waals surface area contributed by atoms with Gasteiger partial charge in [0.25, 0.3) is 0 Å². The number of fused-ring (bicyclic) bond motifs is 5. The van der Waals surface area contributed by atoms with E-state index in [1.165, 1.54) is 90.4 Å². The molecule has 0 fully saturated rings. The van der Waals surface area contributed by atoms with E-state index < -0.39 is 0 Å². The highest BCUT2D eigenvalue weighted by molar-refractivity contribution is 7.25. The zero-order valence-electron chi connectivity index (χ0n) is 35.0. The summed E-state index contributed by atoms with van der Waals surface area (Å²) in [7, 11) is 0. The topological polar surface area (TPSA) is 38.7 Å². The van der Waals surface area contributed by atoms with Crippen LogP contribution in [0.3, 0.4) is 0 Å². The minimum absolute atomic E-state index is 0.642. The molecule has 0 N–H and O–H groups in total. The second-order valence-electron chi connectivity index (χ2n) is 17.0. The van der Waals surface area contributed by atoms with Gasteiger partial charge in [0.15, 0.2) is 17.5 Å². The summed E-state index contributed by atoms with van der Waals surface area (Å²) >= 11 is 1.80. The average molecular weight is 842 g/mol. The second kappa shape index (κ2) is 14.1. The van der Waals surface area contributed by atoms with E-state index in [4.69, 9.17) is 15.0 Å². The van der Waals surface area contributed by atoms with Gasteiger partial charge in [0.1, 0.15) is 0 Å². The predicted octanol–water partition coefficient (Wildman–Crippen LogP) is 16.9. The number of thiophene rings is 1. The molecule has 300 valence electrons. The fraction of sp³-hybridized carbons (Fsp3) is 0. The minimum Gasteiger partial charge on any atom is -0.208 e. The van der Waals surface area contributed by atoms with Crippen LogP contribution in [-0.4, -0.2) is 15.0 Å². The second-order valence-corrected chi connectivity index (χ2v) is 18.1. The average Bonchev–Trinajstić information content (AvgIpc) is 3.76. The molecule has 0 aliphatic carbocycles. The lowest BCUT2D eigenvalue weighted by atomic mass is 9.86. The van der Waals surface area contributed by atoms with E-state index in [1.807, 2.05) is 18.2 Å². The van der Waals surface area contributed by atoms with Crippen LogP contribution in [0.25, 0.3) is 141 Å². The first-order valence-corrected chi connectivity index (χ1v) is 22.9. The Morgan fingerprint density at radius 3 is 1.45 bits per heavy atom. The normalized spacial score (nSPS) is 12.0. The molecule has 0 unspecified atom stereocenters. The van der Waals surface area contributed by atoms with Crippen LogP contribution < -0.4 is 0 Å². The van der Waals surface area contributed by atoms with Gasteiger partial charge in [-0.3, -0.25) is 0 Å². The molecule has 0 saturated heterocycles. The van der Waals surface area contributed by atoms with Crippen LogP contribution in [0.15, 0.2) is 212 Å². The zero-order valence-corrected chi connectivity index (χ0v) is 35.8. The van der Waals surface area contributed by atoms with Gasteiger partial charge in [0.2, 0.25) is 0 Å². The molecule has 0 bridgehead atoms. The molecule has 0 atom stereocenters. The fourth-order valence-electron chi connectivity index (χ4n) is 10.5. The third kappa shape index (κ3) is 5.58. The summed E-state index contributed by atoms with van der Waals surface area (Å²) < 4.78 is 2.46. The van der Waals surface area contributed by atoms with Crippen LogP contribution in [0.1, 0.15) is 0 Å². The van der Waals surface area contributed by atoms with Crippen molar-refractivity contribution in [3.8, 4) is 56.4 Å². The first-order chi connectivity index (χ1) is 32.2. The van der Waals surface area contributed by atoms with Crippen molar-refractivity contribution in [3.63, 3.8) is 0 Å². The van der Waals surface area contributed by atoms with E-state index in [9.17, 15) is 0 Å². The molecule has 12 aromatic carbocycles. The largest absolute Gasteiger partial charge is 0.208 e. The Kier molecular flexibility index (Phi) is 7.85. The number of hydrogen-bond donors (Lipinski definition) is 0. The first-order valence-electron chi connectivity index (χ1n) is 22.1. The van der Waals surface area contributed by atoms with Gasteiger partial charge < -0.3 is 0 Å². The van der Waals surface area contributed by atoms with Crippen molar-refractivity contribution in [1.29, 1.82) is 0 Å². The standard InChI is InChI=1S/C61H35N3S/c1-2-12-41(13-3-1)59-62-60(64-61(63-59)50-23-11-25-53-58(50)49-19-6-7-24-52(49)65-53)48-18-5-4-17-44(48)37-28-26-36(27-29-37)43-34-42-33-32-40-15-9-21-46-45-20-8-14-38-30-31-39-16-10-22-47(56(39)54(38)45)51(35-43)57(42)55(40)46/h1-35H. The first kappa shape index (κ1) is 36.2. The molecule has 0 aliphatic rings. The van der Waals surface area contributed by atoms with E-state index in [0.717, 1.165) is 33.4 Å². The van der Waals surface area contributed by atoms with Crippen LogP contribution in [0.5, 0.6) is 0 Å². The number of hydrogen-bond acceptors (Lipinski definition) is 4. The lowest BCUT2D eigenvalue weighted by molar-refractivity contribution is 1.08. The highest BCUT2D eigenvalue weighted by Gasteiger charge is 2.20. The monoisotopic (exact) mass is 841 g/mol. The van der Waals surface area contributed by atoms with Crippen LogP contribution >= 0.6 is 11.3 Å². The van der Waals surface area contributed by atoms with Gasteiger partial charge in [-0.25, -0.2) is 15.0 Å². The number of nitrogens with zero attached hydrogens (tertiary/aromatic N) is 3. The van der Waals surface area contributed by atoms with E-state index >= 15 is 0 Å². The maximum Gasteiger partial charge on any atom is 0.164 e. The molecule has 0 aliphatic heterocycles. The van der Waals surface area contributed by atoms with Gasteiger partial charge in [0, 0.05) is 36.9 Å². The molecule has 4 heteroatoms. The smallest absolute Gasteiger partial charge is 0.164 e. The van der Waals surface area contributed by atoms with E-state index in [1.54, 1.807) is 11.3 Å². The highest BCUT2D eigenvalue weighted by Crippen LogP contribution is 2.45. The third-order valence-electron chi connectivity index (χ3n) is 13.4. The van der Waals surface area contributed by atoms with E-state index in [0.29, 0.717) is 17.5 Å². The summed E-state index contributed by atoms with van der Waals surface area (Å²) in [5, 5.41) is 17.8. The lowest BCUT2D eigenvalue weighted by Gasteiger charge is -2.17. The summed E-state index contributed by atoms with van der Waals surface area (Å²) in [5.41, 5.74) is 7.41. The lowest BCUT2D eigenvalue weighted by Crippen LogP contribution is -2.01. The Morgan fingerprint density at radius 1 is 0.246 bits per heavy atom. The number of rotatable bonds is 5. The zero-order chi connectivity index (χ0) is 42.6. The summed E-state index contributed by atoms with van der Waals surface area (Å²) in [5.74, 6) is 1.95. The number of aromatic nitrogens is 3. The van der Waals surface area contributed by atoms with Gasteiger partial charge >= 0.3 is 0 Å². The third-order valence-corrected chi connectivity index (χ3v) is 14.6. The Labute approximate surface area is 377 Å². The van der Waals surface area contributed by atoms with Gasteiger partial charge in [0.05, 0.1) is 0 Å². The van der Waals surface area contributed by atoms with Crippen molar-refractivity contribution >= 4 is 96.1 Å². The van der Waals surface area contributed by atoms with Crippen molar-refractivity contribution in [1.82, 2.24) is 15.0 Å². The maximum absolute atomic E-state index is 5.30. The molecule has 0 radical (unpaired) electrons. The molecule has 3 nitrogen and oxygen atoms in total. The van der Waals surface area contributed by atoms with Crippen molar-refractivity contribution < 1.29 is 0 Å². The van der Waals surface area contributed by atoms with Gasteiger partial charge in [-0.1, -0.05) is 188 Å². The van der Waals surface area contributed by atoms with Crippen molar-refractivity contribution in [2.75, 3.05) is 0 Å². The van der Waals surface area contributed by atoms with Gasteiger partial charge in [-0.15, -0.1) is 11.3 Å². The predicted molar refractivity (Wildman–Crippen MR) is 276 cm³/mol. The summed E-state index contributed by atoms with van der Waals surface area (Å²) in [4.78, 5) is 15.7. The summed E-state index contributed by atoms with van der Waals surface area (Å²) in [6.45, 7) is 0. The SMILES string of the molecule is c1ccc(-c2nc(-c3ccccc3-c3ccc(-c4cc5ccc6cccc7c8cccc9ccc%10cccc(c(c4)c5c67)c%10c98)cc3)nc(-c3cccc4sc5ccccc5c34)n2)cc1. The van der Waals surface area contributed by atoms with E-state index in [2.05, 4.69) is 194 Å². The molecule has 65 heavy (non-hydrogen) atoms. The molecular formula is C61H35N3S. The molecule has 14 rings (SSSR count). The maximum atomic E-state index is 5.30. The van der Waals surface area contributed by atoms with Gasteiger partial charge in [-0.05, 0) is 111 Å². The minimum atomic E-state index is 0.642. The molecule has 0 spiro atoms. The Morgan fingerprint density at radius 2 is 0.738 bits per heavy atom. The Balaban J connectivity index is 0.943. The highest BCUT2D eigenvalue weighted by atomic mass is 32.1. The Hall–Kier alpha value is -8.31. The number of benzene rings is 11. The molecule has 2 heterocycles. The van der Waals surface area contributed by atoms with Crippen molar-refractivity contribution in [3.05, 3.63) is 212 Å². The van der Waals surface area contributed by atoms with Crippen molar-refractivity contribution in [2.45, 2.75) is 0 Å². The molecule has 0 amide bonds. The van der Waals surface area contributed by atoms with Crippen LogP contribution in [0.4, 0.5) is 0 Å². The van der Waals surface area contributed by atoms with Crippen LogP contribution in [0, 0.1) is 0 Å². The Bertz CT molecular complexity index is 4220.